The van der Waals surface area contributed by atoms with Gasteiger partial charge in [0.2, 0.25) is 0 Å². The van der Waals surface area contributed by atoms with Crippen LogP contribution in [0.15, 0.2) is 67.0 Å². The van der Waals surface area contributed by atoms with Crippen LogP contribution >= 0.6 is 0 Å². The van der Waals surface area contributed by atoms with Crippen LogP contribution in [0.3, 0.4) is 0 Å². The molecule has 2 aromatic carbocycles. The Kier molecular flexibility index (Phi) is 7.29. The number of carbonyl (C=O) groups is 1. The number of hydrogen-bond donors (Lipinski definition) is 0. The maximum Gasteiger partial charge on any atom is 0.254 e. The topological polar surface area (TPSA) is 64.1 Å². The molecule has 1 saturated heterocycles. The zero-order valence-corrected chi connectivity index (χ0v) is 19.1. The lowest BCUT2D eigenvalue weighted by molar-refractivity contribution is 0.0746. The second-order valence-electron chi connectivity index (χ2n) is 7.73. The van der Waals surface area contributed by atoms with Crippen molar-refractivity contribution in [3.05, 3.63) is 78.1 Å². The first-order chi connectivity index (χ1) is 16.2. The smallest absolute Gasteiger partial charge is 0.254 e. The van der Waals surface area contributed by atoms with E-state index in [-0.39, 0.29) is 5.91 Å². The lowest BCUT2D eigenvalue weighted by Gasteiger charge is -2.36. The highest BCUT2D eigenvalue weighted by Crippen LogP contribution is 2.30. The van der Waals surface area contributed by atoms with Crippen LogP contribution in [0.4, 0.5) is 5.69 Å². The van der Waals surface area contributed by atoms with Gasteiger partial charge in [-0.25, -0.2) is 0 Å². The Bertz CT molecular complexity index is 1070. The molecule has 2 heterocycles. The molecule has 3 aromatic rings. The minimum Gasteiger partial charge on any atom is -0.497 e. The number of rotatable bonds is 8. The van der Waals surface area contributed by atoms with E-state index in [0.717, 1.165) is 30.1 Å². The summed E-state index contributed by atoms with van der Waals surface area (Å²) in [6, 6.07) is 17.2. The molecular formula is C26H29N3O4. The van der Waals surface area contributed by atoms with Gasteiger partial charge in [-0.3, -0.25) is 9.78 Å². The molecule has 1 aliphatic heterocycles. The predicted molar refractivity (Wildman–Crippen MR) is 127 cm³/mol. The van der Waals surface area contributed by atoms with Gasteiger partial charge in [0.1, 0.15) is 12.4 Å². The zero-order valence-electron chi connectivity index (χ0n) is 19.1. The number of hydrogen-bond acceptors (Lipinski definition) is 6. The lowest BCUT2D eigenvalue weighted by atomic mass is 10.1. The van der Waals surface area contributed by atoms with Gasteiger partial charge in [0.25, 0.3) is 5.91 Å². The van der Waals surface area contributed by atoms with Gasteiger partial charge in [-0.2, -0.15) is 0 Å². The molecule has 1 aliphatic rings. The summed E-state index contributed by atoms with van der Waals surface area (Å²) in [5, 5.41) is 0. The number of methoxy groups -OCH3 is 1. The summed E-state index contributed by atoms with van der Waals surface area (Å²) < 4.78 is 17.0. The van der Waals surface area contributed by atoms with E-state index in [0.29, 0.717) is 43.4 Å². The summed E-state index contributed by atoms with van der Waals surface area (Å²) in [7, 11) is 1.67. The first-order valence-corrected chi connectivity index (χ1v) is 11.1. The van der Waals surface area contributed by atoms with Gasteiger partial charge in [0.15, 0.2) is 11.5 Å². The third-order valence-electron chi connectivity index (χ3n) is 5.59. The lowest BCUT2D eigenvalue weighted by Crippen LogP contribution is -2.48. The highest BCUT2D eigenvalue weighted by Gasteiger charge is 2.23. The second kappa shape index (κ2) is 10.7. The molecule has 1 amide bonds. The third-order valence-corrected chi connectivity index (χ3v) is 5.59. The van der Waals surface area contributed by atoms with Gasteiger partial charge in [-0.1, -0.05) is 12.1 Å². The van der Waals surface area contributed by atoms with Crippen LogP contribution in [-0.4, -0.2) is 55.7 Å². The fourth-order valence-electron chi connectivity index (χ4n) is 3.83. The van der Waals surface area contributed by atoms with Crippen LogP contribution in [0.2, 0.25) is 0 Å². The minimum atomic E-state index is 0.0000506. The number of piperazine rings is 1. The van der Waals surface area contributed by atoms with Crippen LogP contribution in [0, 0.1) is 0 Å². The average Bonchev–Trinajstić information content (AvgIpc) is 2.88. The molecule has 0 radical (unpaired) electrons. The Morgan fingerprint density at radius 3 is 2.55 bits per heavy atom. The maximum atomic E-state index is 13.2. The first kappa shape index (κ1) is 22.5. The summed E-state index contributed by atoms with van der Waals surface area (Å²) in [6.07, 6.45) is 3.50. The van der Waals surface area contributed by atoms with Crippen molar-refractivity contribution in [3.63, 3.8) is 0 Å². The van der Waals surface area contributed by atoms with E-state index in [2.05, 4.69) is 16.0 Å². The fourth-order valence-corrected chi connectivity index (χ4v) is 3.83. The molecule has 7 nitrogen and oxygen atoms in total. The van der Waals surface area contributed by atoms with Crippen molar-refractivity contribution < 1.29 is 19.0 Å². The van der Waals surface area contributed by atoms with Gasteiger partial charge in [0, 0.05) is 61.5 Å². The minimum absolute atomic E-state index is 0.0000506. The fraction of sp³-hybridized carbons (Fsp3) is 0.308. The molecule has 0 aliphatic carbocycles. The molecule has 0 N–H and O–H groups in total. The van der Waals surface area contributed by atoms with Crippen molar-refractivity contribution in [3.8, 4) is 17.2 Å². The van der Waals surface area contributed by atoms with Crippen LogP contribution in [0.5, 0.6) is 17.2 Å². The molecule has 0 saturated carbocycles. The Hall–Kier alpha value is -3.74. The molecule has 0 unspecified atom stereocenters. The van der Waals surface area contributed by atoms with Crippen molar-refractivity contribution in [1.82, 2.24) is 9.88 Å². The molecule has 0 atom stereocenters. The van der Waals surface area contributed by atoms with Crippen molar-refractivity contribution in [1.29, 1.82) is 0 Å². The van der Waals surface area contributed by atoms with Gasteiger partial charge in [0.05, 0.1) is 13.7 Å². The summed E-state index contributed by atoms with van der Waals surface area (Å²) in [6.45, 7) is 5.62. The Morgan fingerprint density at radius 1 is 0.970 bits per heavy atom. The summed E-state index contributed by atoms with van der Waals surface area (Å²) in [5.74, 6) is 2.02. The van der Waals surface area contributed by atoms with E-state index < -0.39 is 0 Å². The average molecular weight is 448 g/mol. The first-order valence-electron chi connectivity index (χ1n) is 11.1. The highest BCUT2D eigenvalue weighted by atomic mass is 16.5. The largest absolute Gasteiger partial charge is 0.497 e. The standard InChI is InChI=1S/C26H29N3O4/c1-3-32-25-16-21(9-10-24(25)33-19-20-6-5-11-27-18-20)26(30)29-14-12-28(13-15-29)22-7-4-8-23(17-22)31-2/h4-11,16-18H,3,12-15,19H2,1-2H3. The Balaban J connectivity index is 1.40. The third kappa shape index (κ3) is 5.55. The number of nitrogens with zero attached hydrogens (tertiary/aromatic N) is 3. The van der Waals surface area contributed by atoms with E-state index in [1.807, 2.05) is 42.2 Å². The van der Waals surface area contributed by atoms with E-state index >= 15 is 0 Å². The normalized spacial score (nSPS) is 13.5. The van der Waals surface area contributed by atoms with Crippen molar-refractivity contribution in [2.24, 2.45) is 0 Å². The van der Waals surface area contributed by atoms with E-state index in [4.69, 9.17) is 14.2 Å². The quantitative estimate of drug-likeness (QED) is 0.520. The molecule has 1 aromatic heterocycles. The van der Waals surface area contributed by atoms with Crippen molar-refractivity contribution >= 4 is 11.6 Å². The number of anilines is 1. The van der Waals surface area contributed by atoms with Crippen LogP contribution in [0.25, 0.3) is 0 Å². The van der Waals surface area contributed by atoms with Crippen LogP contribution in [0.1, 0.15) is 22.8 Å². The molecule has 172 valence electrons. The number of carbonyl (C=O) groups excluding carboxylic acids is 1. The highest BCUT2D eigenvalue weighted by molar-refractivity contribution is 5.95. The van der Waals surface area contributed by atoms with Gasteiger partial charge >= 0.3 is 0 Å². The maximum absolute atomic E-state index is 13.2. The monoisotopic (exact) mass is 447 g/mol. The SMILES string of the molecule is CCOc1cc(C(=O)N2CCN(c3cccc(OC)c3)CC2)ccc1OCc1cccnc1. The van der Waals surface area contributed by atoms with Gasteiger partial charge in [-0.15, -0.1) is 0 Å². The summed E-state index contributed by atoms with van der Waals surface area (Å²) >= 11 is 0. The Morgan fingerprint density at radius 2 is 1.82 bits per heavy atom. The molecule has 33 heavy (non-hydrogen) atoms. The van der Waals surface area contributed by atoms with Crippen LogP contribution < -0.4 is 19.1 Å². The van der Waals surface area contributed by atoms with Crippen molar-refractivity contribution in [2.75, 3.05) is 44.8 Å². The predicted octanol–water partition coefficient (Wildman–Crippen LogP) is 4.03. The van der Waals surface area contributed by atoms with Crippen LogP contribution in [-0.2, 0) is 6.61 Å². The van der Waals surface area contributed by atoms with Gasteiger partial charge in [-0.05, 0) is 43.3 Å². The van der Waals surface area contributed by atoms with E-state index in [1.165, 1.54) is 0 Å². The number of pyridine rings is 1. The van der Waals surface area contributed by atoms with Crippen molar-refractivity contribution in [2.45, 2.75) is 13.5 Å². The number of aromatic nitrogens is 1. The number of ether oxygens (including phenoxy) is 3. The molecule has 0 spiro atoms. The van der Waals surface area contributed by atoms with E-state index in [9.17, 15) is 4.79 Å². The molecule has 0 bridgehead atoms. The summed E-state index contributed by atoms with van der Waals surface area (Å²) in [4.78, 5) is 21.4. The zero-order chi connectivity index (χ0) is 23.0. The number of amides is 1. The molecule has 4 rings (SSSR count). The van der Waals surface area contributed by atoms with E-state index in [1.54, 1.807) is 37.7 Å². The Labute approximate surface area is 194 Å². The molecule has 7 heteroatoms. The second-order valence-corrected chi connectivity index (χ2v) is 7.73. The molecular weight excluding hydrogens is 418 g/mol. The molecule has 1 fully saturated rings. The van der Waals surface area contributed by atoms with Gasteiger partial charge < -0.3 is 24.0 Å². The summed E-state index contributed by atoms with van der Waals surface area (Å²) in [5.41, 5.74) is 2.67. The number of benzene rings is 2.